The van der Waals surface area contributed by atoms with E-state index in [-0.39, 0.29) is 24.8 Å². The van der Waals surface area contributed by atoms with Gasteiger partial charge in [-0.1, -0.05) is 68.8 Å². The van der Waals surface area contributed by atoms with Crippen LogP contribution in [-0.2, 0) is 26.2 Å². The molecule has 1 N–H and O–H groups in total. The fourth-order valence-corrected chi connectivity index (χ4v) is 4.80. The summed E-state index contributed by atoms with van der Waals surface area (Å²) in [6, 6.07) is 16.2. The quantitative estimate of drug-likeness (QED) is 0.447. The minimum absolute atomic E-state index is 0.138. The number of sulfonamides is 1. The van der Waals surface area contributed by atoms with E-state index in [9.17, 15) is 18.0 Å². The van der Waals surface area contributed by atoms with Crippen LogP contribution in [0.1, 0.15) is 51.2 Å². The van der Waals surface area contributed by atoms with Crippen LogP contribution in [0, 0.1) is 12.8 Å². The molecule has 8 heteroatoms. The van der Waals surface area contributed by atoms with Crippen LogP contribution in [0.3, 0.4) is 0 Å². The molecule has 0 saturated heterocycles. The molecule has 0 aliphatic heterocycles. The van der Waals surface area contributed by atoms with Gasteiger partial charge in [-0.05, 0) is 43.4 Å². The Kier molecular flexibility index (Phi) is 10.8. The Labute approximate surface area is 210 Å². The standard InChI is InChI=1S/C27H39N3O4S/c1-6-25(27(32)28-19-21(2)3)29(20-23-16-14-22(4)15-17-23)26(31)13-10-18-30(35(5,33)34)24-11-8-7-9-12-24/h7-9,11-12,14-17,21,25H,6,10,13,18-20H2,1-5H3,(H,28,32)/t25-/m0/s1. The van der Waals surface area contributed by atoms with E-state index in [2.05, 4.69) is 5.32 Å². The lowest BCUT2D eigenvalue weighted by Crippen LogP contribution is -2.49. The van der Waals surface area contributed by atoms with Crippen LogP contribution in [-0.4, -0.2) is 50.5 Å². The third kappa shape index (κ3) is 9.02. The minimum Gasteiger partial charge on any atom is -0.354 e. The van der Waals surface area contributed by atoms with Gasteiger partial charge in [0.25, 0.3) is 0 Å². The summed E-state index contributed by atoms with van der Waals surface area (Å²) in [4.78, 5) is 28.0. The zero-order chi connectivity index (χ0) is 26.0. The number of nitrogens with zero attached hydrogens (tertiary/aromatic N) is 2. The molecule has 0 radical (unpaired) electrons. The number of hydrogen-bond donors (Lipinski definition) is 1. The van der Waals surface area contributed by atoms with Gasteiger partial charge in [-0.15, -0.1) is 0 Å². The topological polar surface area (TPSA) is 86.8 Å². The maximum absolute atomic E-state index is 13.4. The highest BCUT2D eigenvalue weighted by Gasteiger charge is 2.28. The summed E-state index contributed by atoms with van der Waals surface area (Å²) in [5.74, 6) is -0.0278. The molecule has 0 fully saturated rings. The molecule has 0 bridgehead atoms. The monoisotopic (exact) mass is 501 g/mol. The molecule has 0 aliphatic carbocycles. The van der Waals surface area contributed by atoms with Crippen molar-refractivity contribution in [3.63, 3.8) is 0 Å². The van der Waals surface area contributed by atoms with Gasteiger partial charge >= 0.3 is 0 Å². The first-order valence-electron chi connectivity index (χ1n) is 12.2. The number of rotatable bonds is 13. The van der Waals surface area contributed by atoms with Gasteiger partial charge in [0.15, 0.2) is 0 Å². The largest absolute Gasteiger partial charge is 0.354 e. The van der Waals surface area contributed by atoms with E-state index in [4.69, 9.17) is 0 Å². The predicted octanol–water partition coefficient (Wildman–Crippen LogP) is 4.12. The van der Waals surface area contributed by atoms with Crippen LogP contribution in [0.25, 0.3) is 0 Å². The Morgan fingerprint density at radius 1 is 1.00 bits per heavy atom. The number of para-hydroxylation sites is 1. The molecule has 2 amide bonds. The Hall–Kier alpha value is -2.87. The summed E-state index contributed by atoms with van der Waals surface area (Å²) in [5, 5.41) is 2.96. The smallest absolute Gasteiger partial charge is 0.242 e. The zero-order valence-electron chi connectivity index (χ0n) is 21.5. The van der Waals surface area contributed by atoms with Crippen molar-refractivity contribution in [1.82, 2.24) is 10.2 Å². The number of carbonyl (C=O) groups excluding carboxylic acids is 2. The Balaban J connectivity index is 2.18. The van der Waals surface area contributed by atoms with Crippen molar-refractivity contribution in [2.24, 2.45) is 5.92 Å². The van der Waals surface area contributed by atoms with Gasteiger partial charge in [-0.25, -0.2) is 8.42 Å². The SMILES string of the molecule is CC[C@@H](C(=O)NCC(C)C)N(Cc1ccc(C)cc1)C(=O)CCCN(c1ccccc1)S(C)(=O)=O. The van der Waals surface area contributed by atoms with Crippen molar-refractivity contribution in [3.05, 3.63) is 65.7 Å². The van der Waals surface area contributed by atoms with Gasteiger partial charge in [-0.3, -0.25) is 13.9 Å². The van der Waals surface area contributed by atoms with Gasteiger partial charge in [-0.2, -0.15) is 0 Å². The van der Waals surface area contributed by atoms with E-state index >= 15 is 0 Å². The molecule has 0 heterocycles. The maximum Gasteiger partial charge on any atom is 0.242 e. The molecule has 2 rings (SSSR count). The summed E-state index contributed by atoms with van der Waals surface area (Å²) in [6.45, 7) is 9.00. The fourth-order valence-electron chi connectivity index (χ4n) is 3.83. The molecule has 0 spiro atoms. The van der Waals surface area contributed by atoms with E-state index in [1.54, 1.807) is 29.2 Å². The van der Waals surface area contributed by atoms with Crippen LogP contribution in [0.5, 0.6) is 0 Å². The average molecular weight is 502 g/mol. The first-order valence-corrected chi connectivity index (χ1v) is 14.0. The maximum atomic E-state index is 13.4. The third-order valence-electron chi connectivity index (χ3n) is 5.74. The molecular weight excluding hydrogens is 462 g/mol. The van der Waals surface area contributed by atoms with Crippen LogP contribution in [0.15, 0.2) is 54.6 Å². The van der Waals surface area contributed by atoms with Gasteiger partial charge in [0.2, 0.25) is 21.8 Å². The van der Waals surface area contributed by atoms with E-state index < -0.39 is 16.1 Å². The van der Waals surface area contributed by atoms with Crippen molar-refractivity contribution in [2.45, 2.75) is 59.5 Å². The third-order valence-corrected chi connectivity index (χ3v) is 6.93. The molecule has 2 aromatic rings. The Morgan fingerprint density at radius 3 is 2.17 bits per heavy atom. The number of aryl methyl sites for hydroxylation is 1. The summed E-state index contributed by atoms with van der Waals surface area (Å²) in [6.07, 6.45) is 2.13. The van der Waals surface area contributed by atoms with Crippen molar-refractivity contribution in [1.29, 1.82) is 0 Å². The number of benzene rings is 2. The summed E-state index contributed by atoms with van der Waals surface area (Å²) >= 11 is 0. The molecule has 192 valence electrons. The number of anilines is 1. The van der Waals surface area contributed by atoms with Crippen molar-refractivity contribution < 1.29 is 18.0 Å². The number of amides is 2. The lowest BCUT2D eigenvalue weighted by Gasteiger charge is -2.31. The second-order valence-electron chi connectivity index (χ2n) is 9.34. The average Bonchev–Trinajstić information content (AvgIpc) is 2.81. The van der Waals surface area contributed by atoms with Crippen molar-refractivity contribution in [2.75, 3.05) is 23.7 Å². The first-order chi connectivity index (χ1) is 16.5. The molecular formula is C27H39N3O4S. The van der Waals surface area contributed by atoms with Crippen LogP contribution in [0.4, 0.5) is 5.69 Å². The van der Waals surface area contributed by atoms with Gasteiger partial charge in [0, 0.05) is 26.1 Å². The van der Waals surface area contributed by atoms with Crippen molar-refractivity contribution >= 4 is 27.5 Å². The van der Waals surface area contributed by atoms with Gasteiger partial charge in [0.1, 0.15) is 6.04 Å². The summed E-state index contributed by atoms with van der Waals surface area (Å²) < 4.78 is 26.0. The molecule has 35 heavy (non-hydrogen) atoms. The molecule has 7 nitrogen and oxygen atoms in total. The minimum atomic E-state index is -3.49. The molecule has 0 saturated carbocycles. The molecule has 2 aromatic carbocycles. The number of carbonyl (C=O) groups is 2. The molecule has 1 atom stereocenters. The van der Waals surface area contributed by atoms with E-state index in [1.165, 1.54) is 4.31 Å². The van der Waals surface area contributed by atoms with Crippen LogP contribution < -0.4 is 9.62 Å². The summed E-state index contributed by atoms with van der Waals surface area (Å²) in [5.41, 5.74) is 2.63. The summed E-state index contributed by atoms with van der Waals surface area (Å²) in [7, 11) is -3.49. The number of hydrogen-bond acceptors (Lipinski definition) is 4. The van der Waals surface area contributed by atoms with E-state index in [1.807, 2.05) is 58.0 Å². The fraction of sp³-hybridized carbons (Fsp3) is 0.481. The van der Waals surface area contributed by atoms with E-state index in [0.717, 1.165) is 17.4 Å². The predicted molar refractivity (Wildman–Crippen MR) is 142 cm³/mol. The highest BCUT2D eigenvalue weighted by atomic mass is 32.2. The van der Waals surface area contributed by atoms with Crippen molar-refractivity contribution in [3.8, 4) is 0 Å². The second kappa shape index (κ2) is 13.3. The van der Waals surface area contributed by atoms with Gasteiger partial charge < -0.3 is 10.2 Å². The Morgan fingerprint density at radius 2 is 1.63 bits per heavy atom. The lowest BCUT2D eigenvalue weighted by atomic mass is 10.1. The molecule has 0 aliphatic rings. The van der Waals surface area contributed by atoms with E-state index in [0.29, 0.717) is 37.5 Å². The zero-order valence-corrected chi connectivity index (χ0v) is 22.3. The van der Waals surface area contributed by atoms with Crippen LogP contribution >= 0.6 is 0 Å². The first kappa shape index (κ1) is 28.4. The number of nitrogens with one attached hydrogen (secondary N) is 1. The highest BCUT2D eigenvalue weighted by molar-refractivity contribution is 7.92. The highest BCUT2D eigenvalue weighted by Crippen LogP contribution is 2.19. The molecule has 0 aromatic heterocycles. The second-order valence-corrected chi connectivity index (χ2v) is 11.3. The lowest BCUT2D eigenvalue weighted by molar-refractivity contribution is -0.141. The normalized spacial score (nSPS) is 12.3. The van der Waals surface area contributed by atoms with Crippen LogP contribution in [0.2, 0.25) is 0 Å². The van der Waals surface area contributed by atoms with Gasteiger partial charge in [0.05, 0.1) is 11.9 Å². The Bertz CT molecular complexity index is 1050. The molecule has 0 unspecified atom stereocenters.